The van der Waals surface area contributed by atoms with Crippen molar-refractivity contribution in [2.75, 3.05) is 17.7 Å². The number of ether oxygens (including phenoxy) is 1. The van der Waals surface area contributed by atoms with E-state index >= 15 is 0 Å². The van der Waals surface area contributed by atoms with E-state index in [9.17, 15) is 4.79 Å². The quantitative estimate of drug-likeness (QED) is 0.859. The molecule has 0 atom stereocenters. The van der Waals surface area contributed by atoms with Gasteiger partial charge in [0.2, 0.25) is 5.91 Å². The van der Waals surface area contributed by atoms with Gasteiger partial charge >= 0.3 is 0 Å². The zero-order valence-electron chi connectivity index (χ0n) is 13.1. The molecule has 5 nitrogen and oxygen atoms in total. The van der Waals surface area contributed by atoms with Crippen LogP contribution in [0.25, 0.3) is 0 Å². The molecule has 22 heavy (non-hydrogen) atoms. The molecule has 116 valence electrons. The first kappa shape index (κ1) is 15.8. The van der Waals surface area contributed by atoms with Crippen LogP contribution in [-0.4, -0.2) is 18.0 Å². The Labute approximate surface area is 130 Å². The van der Waals surface area contributed by atoms with Crippen molar-refractivity contribution >= 4 is 17.4 Å². The lowest BCUT2D eigenvalue weighted by atomic mass is 10.2. The number of anilines is 2. The summed E-state index contributed by atoms with van der Waals surface area (Å²) >= 11 is 0. The zero-order chi connectivity index (χ0) is 15.9. The second kappa shape index (κ2) is 7.45. The molecule has 1 heterocycles. The summed E-state index contributed by atoms with van der Waals surface area (Å²) in [7, 11) is 1.65. The first-order valence-corrected chi connectivity index (χ1v) is 7.22. The van der Waals surface area contributed by atoms with Crippen LogP contribution in [0.3, 0.4) is 0 Å². The molecule has 0 aliphatic rings. The standard InChI is InChI=1S/C17H21N3O2/c1-12(2)17(21)20-14-6-9-16(19-11-14)18-10-13-4-7-15(22-3)8-5-13/h4-9,11-12H,10H2,1-3H3,(H,18,19)(H,20,21). The van der Waals surface area contributed by atoms with Crippen molar-refractivity contribution in [1.29, 1.82) is 0 Å². The first-order valence-electron chi connectivity index (χ1n) is 7.22. The van der Waals surface area contributed by atoms with Crippen molar-refractivity contribution in [1.82, 2.24) is 4.98 Å². The van der Waals surface area contributed by atoms with Crippen molar-refractivity contribution in [2.45, 2.75) is 20.4 Å². The summed E-state index contributed by atoms with van der Waals surface area (Å²) in [5, 5.41) is 6.05. The molecular formula is C17H21N3O2. The molecule has 0 aliphatic carbocycles. The van der Waals surface area contributed by atoms with E-state index in [1.807, 2.05) is 50.2 Å². The molecular weight excluding hydrogens is 278 g/mol. The monoisotopic (exact) mass is 299 g/mol. The van der Waals surface area contributed by atoms with Gasteiger partial charge in [0.1, 0.15) is 11.6 Å². The molecule has 2 rings (SSSR count). The second-order valence-corrected chi connectivity index (χ2v) is 5.28. The molecule has 1 aromatic heterocycles. The molecule has 0 saturated carbocycles. The summed E-state index contributed by atoms with van der Waals surface area (Å²) in [6.45, 7) is 4.38. The van der Waals surface area contributed by atoms with E-state index in [-0.39, 0.29) is 11.8 Å². The van der Waals surface area contributed by atoms with Crippen LogP contribution in [0.1, 0.15) is 19.4 Å². The first-order chi connectivity index (χ1) is 10.6. The van der Waals surface area contributed by atoms with Crippen LogP contribution < -0.4 is 15.4 Å². The van der Waals surface area contributed by atoms with Gasteiger partial charge in [-0.1, -0.05) is 26.0 Å². The molecule has 5 heteroatoms. The van der Waals surface area contributed by atoms with Gasteiger partial charge in [-0.05, 0) is 29.8 Å². The van der Waals surface area contributed by atoms with Crippen molar-refractivity contribution in [3.8, 4) is 5.75 Å². The molecule has 2 N–H and O–H groups in total. The fraction of sp³-hybridized carbons (Fsp3) is 0.294. The normalized spacial score (nSPS) is 10.4. The third-order valence-corrected chi connectivity index (χ3v) is 3.19. The third-order valence-electron chi connectivity index (χ3n) is 3.19. The molecule has 0 unspecified atom stereocenters. The predicted molar refractivity (Wildman–Crippen MR) is 88.0 cm³/mol. The number of pyridine rings is 1. The third kappa shape index (κ3) is 4.48. The van der Waals surface area contributed by atoms with Crippen molar-refractivity contribution in [3.05, 3.63) is 48.2 Å². The fourth-order valence-corrected chi connectivity index (χ4v) is 1.79. The number of nitrogens with one attached hydrogen (secondary N) is 2. The van der Waals surface area contributed by atoms with E-state index in [1.54, 1.807) is 13.3 Å². The molecule has 0 bridgehead atoms. The molecule has 1 aromatic carbocycles. The van der Waals surface area contributed by atoms with Crippen LogP contribution in [0, 0.1) is 5.92 Å². The Morgan fingerprint density at radius 3 is 2.45 bits per heavy atom. The summed E-state index contributed by atoms with van der Waals surface area (Å²) in [5.74, 6) is 1.54. The van der Waals surface area contributed by atoms with Gasteiger partial charge in [-0.3, -0.25) is 4.79 Å². The van der Waals surface area contributed by atoms with Crippen LogP contribution in [-0.2, 0) is 11.3 Å². The van der Waals surface area contributed by atoms with E-state index in [0.29, 0.717) is 12.2 Å². The Kier molecular flexibility index (Phi) is 5.36. The number of amides is 1. The number of carbonyl (C=O) groups is 1. The maximum Gasteiger partial charge on any atom is 0.226 e. The van der Waals surface area contributed by atoms with E-state index in [4.69, 9.17) is 4.74 Å². The molecule has 0 radical (unpaired) electrons. The Morgan fingerprint density at radius 1 is 1.18 bits per heavy atom. The highest BCUT2D eigenvalue weighted by molar-refractivity contribution is 5.91. The van der Waals surface area contributed by atoms with Crippen molar-refractivity contribution in [3.63, 3.8) is 0 Å². The summed E-state index contributed by atoms with van der Waals surface area (Å²) < 4.78 is 5.13. The Morgan fingerprint density at radius 2 is 1.91 bits per heavy atom. The minimum atomic E-state index is -0.0483. The van der Waals surface area contributed by atoms with Crippen LogP contribution >= 0.6 is 0 Å². The molecule has 0 saturated heterocycles. The van der Waals surface area contributed by atoms with Gasteiger partial charge in [0.25, 0.3) is 0 Å². The fourth-order valence-electron chi connectivity index (χ4n) is 1.79. The maximum atomic E-state index is 11.6. The van der Waals surface area contributed by atoms with Crippen LogP contribution in [0.5, 0.6) is 5.75 Å². The van der Waals surface area contributed by atoms with Crippen LogP contribution in [0.15, 0.2) is 42.6 Å². The second-order valence-electron chi connectivity index (χ2n) is 5.28. The van der Waals surface area contributed by atoms with Gasteiger partial charge in [0, 0.05) is 12.5 Å². The predicted octanol–water partition coefficient (Wildman–Crippen LogP) is 3.30. The molecule has 0 fully saturated rings. The minimum Gasteiger partial charge on any atom is -0.497 e. The molecule has 0 aliphatic heterocycles. The highest BCUT2D eigenvalue weighted by atomic mass is 16.5. The van der Waals surface area contributed by atoms with Crippen molar-refractivity contribution in [2.24, 2.45) is 5.92 Å². The zero-order valence-corrected chi connectivity index (χ0v) is 13.1. The Bertz CT molecular complexity index is 607. The SMILES string of the molecule is COc1ccc(CNc2ccc(NC(=O)C(C)C)cn2)cc1. The summed E-state index contributed by atoms with van der Waals surface area (Å²) in [6.07, 6.45) is 1.65. The average Bonchev–Trinajstić information content (AvgIpc) is 2.54. The number of methoxy groups -OCH3 is 1. The molecule has 2 aromatic rings. The molecule has 0 spiro atoms. The van der Waals surface area contributed by atoms with E-state index in [0.717, 1.165) is 17.1 Å². The number of aromatic nitrogens is 1. The van der Waals surface area contributed by atoms with E-state index in [2.05, 4.69) is 15.6 Å². The van der Waals surface area contributed by atoms with Gasteiger partial charge in [0.15, 0.2) is 0 Å². The minimum absolute atomic E-state index is 0.0132. The Balaban J connectivity index is 1.89. The smallest absolute Gasteiger partial charge is 0.226 e. The van der Waals surface area contributed by atoms with E-state index < -0.39 is 0 Å². The average molecular weight is 299 g/mol. The number of nitrogens with zero attached hydrogens (tertiary/aromatic N) is 1. The number of rotatable bonds is 6. The number of hydrogen-bond donors (Lipinski definition) is 2. The van der Waals surface area contributed by atoms with Gasteiger partial charge in [-0.25, -0.2) is 4.98 Å². The van der Waals surface area contributed by atoms with Crippen LogP contribution in [0.2, 0.25) is 0 Å². The van der Waals surface area contributed by atoms with Gasteiger partial charge < -0.3 is 15.4 Å². The lowest BCUT2D eigenvalue weighted by molar-refractivity contribution is -0.118. The van der Waals surface area contributed by atoms with E-state index in [1.165, 1.54) is 0 Å². The summed E-state index contributed by atoms with van der Waals surface area (Å²) in [5.41, 5.74) is 1.84. The van der Waals surface area contributed by atoms with Gasteiger partial charge in [0.05, 0.1) is 19.0 Å². The largest absolute Gasteiger partial charge is 0.497 e. The highest BCUT2D eigenvalue weighted by Gasteiger charge is 2.07. The number of hydrogen-bond acceptors (Lipinski definition) is 4. The molecule has 1 amide bonds. The van der Waals surface area contributed by atoms with Gasteiger partial charge in [-0.15, -0.1) is 0 Å². The van der Waals surface area contributed by atoms with Gasteiger partial charge in [-0.2, -0.15) is 0 Å². The summed E-state index contributed by atoms with van der Waals surface area (Å²) in [4.78, 5) is 15.9. The Hall–Kier alpha value is -2.56. The number of carbonyl (C=O) groups excluding carboxylic acids is 1. The number of benzene rings is 1. The topological polar surface area (TPSA) is 63.2 Å². The lowest BCUT2D eigenvalue weighted by Gasteiger charge is -2.09. The maximum absolute atomic E-state index is 11.6. The highest BCUT2D eigenvalue weighted by Crippen LogP contribution is 2.14. The van der Waals surface area contributed by atoms with Crippen LogP contribution in [0.4, 0.5) is 11.5 Å². The summed E-state index contributed by atoms with van der Waals surface area (Å²) in [6, 6.07) is 11.5. The lowest BCUT2D eigenvalue weighted by Crippen LogP contribution is -2.17. The van der Waals surface area contributed by atoms with Crippen molar-refractivity contribution < 1.29 is 9.53 Å².